The Morgan fingerprint density at radius 1 is 1.34 bits per heavy atom. The number of aromatic nitrogens is 2. The maximum absolute atomic E-state index is 13.8. The van der Waals surface area contributed by atoms with Crippen molar-refractivity contribution in [3.8, 4) is 17.0 Å². The summed E-state index contributed by atoms with van der Waals surface area (Å²) in [4.78, 5) is 11.1. The van der Waals surface area contributed by atoms with Gasteiger partial charge < -0.3 is 19.9 Å². The van der Waals surface area contributed by atoms with Gasteiger partial charge >= 0.3 is 0 Å². The fourth-order valence-corrected chi connectivity index (χ4v) is 3.28. The Labute approximate surface area is 167 Å². The first-order valence-electron chi connectivity index (χ1n) is 9.28. The van der Waals surface area contributed by atoms with E-state index in [-0.39, 0.29) is 41.2 Å². The zero-order valence-electron chi connectivity index (χ0n) is 16.2. The van der Waals surface area contributed by atoms with Crippen molar-refractivity contribution in [2.24, 2.45) is 0 Å². The number of alkyl halides is 2. The smallest absolute Gasteiger partial charge is 0.266 e. The van der Waals surface area contributed by atoms with Crippen LogP contribution in [0.1, 0.15) is 49.0 Å². The molecule has 0 atom stereocenters. The lowest BCUT2D eigenvalue weighted by Crippen LogP contribution is -2.48. The van der Waals surface area contributed by atoms with Gasteiger partial charge in [0.25, 0.3) is 6.43 Å². The van der Waals surface area contributed by atoms with Gasteiger partial charge in [0.2, 0.25) is 0 Å². The average Bonchev–Trinajstić information content (AvgIpc) is 2.66. The molecule has 0 bridgehead atoms. The minimum atomic E-state index is -2.80. The van der Waals surface area contributed by atoms with Crippen LogP contribution < -0.4 is 10.1 Å². The van der Waals surface area contributed by atoms with Crippen molar-refractivity contribution in [1.29, 1.82) is 0 Å². The number of hydrogen-bond acceptors (Lipinski definition) is 7. The zero-order valence-corrected chi connectivity index (χ0v) is 16.2. The maximum Gasteiger partial charge on any atom is 0.266 e. The molecule has 1 aliphatic rings. The molecule has 156 valence electrons. The topological polar surface area (TPSA) is 93.6 Å². The number of benzene rings is 1. The lowest BCUT2D eigenvalue weighted by molar-refractivity contribution is -0.0235. The largest absolute Gasteiger partial charge is 0.467 e. The molecule has 0 aliphatic heterocycles. The number of carbonyl (C=O) groups excluding carboxylic acids is 1. The van der Waals surface area contributed by atoms with E-state index in [0.717, 1.165) is 0 Å². The molecule has 1 aromatic heterocycles. The van der Waals surface area contributed by atoms with Crippen LogP contribution in [0.4, 0.5) is 14.6 Å². The second-order valence-corrected chi connectivity index (χ2v) is 7.21. The standard InChI is InChI=1S/C20H23F2N3O4/c1-3-28-11-29-16-6-12(10-26)4-5-14(16)18-15(19(21)22)7-17(24-25-18)23-13-8-20(2,27)9-13/h4-7,10,13,19,27H,3,8-9,11H2,1-2H3,(H,23,24). The van der Waals surface area contributed by atoms with Crippen molar-refractivity contribution < 1.29 is 28.2 Å². The SMILES string of the molecule is CCOCOc1cc(C=O)ccc1-c1nnc(NC2CC(C)(O)C2)cc1C(F)F. The number of aliphatic hydroxyl groups is 1. The van der Waals surface area contributed by atoms with Crippen LogP contribution in [0.15, 0.2) is 24.3 Å². The number of hydrogen-bond donors (Lipinski definition) is 2. The van der Waals surface area contributed by atoms with E-state index in [9.17, 15) is 18.7 Å². The maximum atomic E-state index is 13.8. The molecule has 3 rings (SSSR count). The fourth-order valence-electron chi connectivity index (χ4n) is 3.28. The van der Waals surface area contributed by atoms with Crippen molar-refractivity contribution in [2.45, 2.75) is 44.8 Å². The molecule has 0 saturated heterocycles. The van der Waals surface area contributed by atoms with Gasteiger partial charge in [0.1, 0.15) is 23.5 Å². The van der Waals surface area contributed by atoms with Crippen LogP contribution in [0.5, 0.6) is 5.75 Å². The molecule has 0 spiro atoms. The normalized spacial score (nSPS) is 21.0. The van der Waals surface area contributed by atoms with Crippen molar-refractivity contribution >= 4 is 12.1 Å². The van der Waals surface area contributed by atoms with Gasteiger partial charge in [-0.15, -0.1) is 10.2 Å². The molecule has 1 saturated carbocycles. The summed E-state index contributed by atoms with van der Waals surface area (Å²) in [5.74, 6) is 0.417. The third-order valence-electron chi connectivity index (χ3n) is 4.68. The fraction of sp³-hybridized carbons (Fsp3) is 0.450. The Morgan fingerprint density at radius 2 is 2.10 bits per heavy atom. The van der Waals surface area contributed by atoms with E-state index in [0.29, 0.717) is 31.3 Å². The number of carbonyl (C=O) groups is 1. The van der Waals surface area contributed by atoms with E-state index in [2.05, 4.69) is 15.5 Å². The molecule has 0 amide bonds. The first-order valence-corrected chi connectivity index (χ1v) is 9.28. The molecule has 29 heavy (non-hydrogen) atoms. The zero-order chi connectivity index (χ0) is 21.0. The van der Waals surface area contributed by atoms with E-state index >= 15 is 0 Å². The van der Waals surface area contributed by atoms with E-state index in [1.54, 1.807) is 13.8 Å². The number of nitrogens with zero attached hydrogens (tertiary/aromatic N) is 2. The minimum absolute atomic E-state index is 0.0323. The summed E-state index contributed by atoms with van der Waals surface area (Å²) >= 11 is 0. The highest BCUT2D eigenvalue weighted by Gasteiger charge is 2.38. The first kappa shape index (κ1) is 21.1. The van der Waals surface area contributed by atoms with Gasteiger partial charge in [-0.2, -0.15) is 0 Å². The first-order chi connectivity index (χ1) is 13.8. The molecule has 1 aromatic carbocycles. The third kappa shape index (κ3) is 5.04. The summed E-state index contributed by atoms with van der Waals surface area (Å²) in [6.07, 6.45) is -1.15. The third-order valence-corrected chi connectivity index (χ3v) is 4.68. The summed E-state index contributed by atoms with van der Waals surface area (Å²) in [6, 6.07) is 5.64. The Hall–Kier alpha value is -2.65. The number of nitrogens with one attached hydrogen (secondary N) is 1. The Bertz CT molecular complexity index is 869. The van der Waals surface area contributed by atoms with Gasteiger partial charge in [-0.05, 0) is 44.9 Å². The summed E-state index contributed by atoms with van der Waals surface area (Å²) in [5.41, 5.74) is -0.467. The molecule has 2 aromatic rings. The number of ether oxygens (including phenoxy) is 2. The van der Waals surface area contributed by atoms with Crippen LogP contribution in [-0.2, 0) is 4.74 Å². The number of rotatable bonds is 9. The van der Waals surface area contributed by atoms with Crippen LogP contribution in [0.2, 0.25) is 0 Å². The van der Waals surface area contributed by atoms with Crippen molar-refractivity contribution in [3.63, 3.8) is 0 Å². The number of aldehydes is 1. The molecule has 7 nitrogen and oxygen atoms in total. The van der Waals surface area contributed by atoms with E-state index < -0.39 is 12.0 Å². The van der Waals surface area contributed by atoms with Gasteiger partial charge in [0.15, 0.2) is 6.79 Å². The summed E-state index contributed by atoms with van der Waals surface area (Å²) in [5, 5.41) is 20.8. The van der Waals surface area contributed by atoms with Crippen LogP contribution in [0, 0.1) is 0 Å². The lowest BCUT2D eigenvalue weighted by Gasteiger charge is -2.41. The highest BCUT2D eigenvalue weighted by Crippen LogP contribution is 2.37. The van der Waals surface area contributed by atoms with Crippen molar-refractivity contribution in [3.05, 3.63) is 35.4 Å². The molecule has 1 heterocycles. The monoisotopic (exact) mass is 407 g/mol. The predicted octanol–water partition coefficient (Wildman–Crippen LogP) is 3.59. The van der Waals surface area contributed by atoms with E-state index in [1.165, 1.54) is 24.3 Å². The predicted molar refractivity (Wildman–Crippen MR) is 102 cm³/mol. The molecule has 2 N–H and O–H groups in total. The Morgan fingerprint density at radius 3 is 2.72 bits per heavy atom. The molecule has 1 fully saturated rings. The average molecular weight is 407 g/mol. The van der Waals surface area contributed by atoms with E-state index in [4.69, 9.17) is 9.47 Å². The second-order valence-electron chi connectivity index (χ2n) is 7.21. The number of halogens is 2. The Kier molecular flexibility index (Phi) is 6.39. The molecule has 0 radical (unpaired) electrons. The molecular formula is C20H23F2N3O4. The van der Waals surface area contributed by atoms with Crippen molar-refractivity contribution in [2.75, 3.05) is 18.7 Å². The molecule has 9 heteroatoms. The van der Waals surface area contributed by atoms with Gasteiger partial charge in [0, 0.05) is 29.3 Å². The van der Waals surface area contributed by atoms with Gasteiger partial charge in [-0.1, -0.05) is 6.07 Å². The van der Waals surface area contributed by atoms with Crippen LogP contribution in [0.3, 0.4) is 0 Å². The van der Waals surface area contributed by atoms with Gasteiger partial charge in [-0.3, -0.25) is 4.79 Å². The minimum Gasteiger partial charge on any atom is -0.467 e. The van der Waals surface area contributed by atoms with Crippen molar-refractivity contribution in [1.82, 2.24) is 10.2 Å². The van der Waals surface area contributed by atoms with Crippen LogP contribution >= 0.6 is 0 Å². The van der Waals surface area contributed by atoms with Gasteiger partial charge in [0.05, 0.1) is 5.60 Å². The van der Waals surface area contributed by atoms with Crippen LogP contribution in [-0.4, -0.2) is 46.6 Å². The molecule has 0 unspecified atom stereocenters. The highest BCUT2D eigenvalue weighted by atomic mass is 19.3. The lowest BCUT2D eigenvalue weighted by atomic mass is 9.77. The second kappa shape index (κ2) is 8.79. The molecular weight excluding hydrogens is 384 g/mol. The molecule has 1 aliphatic carbocycles. The van der Waals surface area contributed by atoms with Crippen LogP contribution in [0.25, 0.3) is 11.3 Å². The summed E-state index contributed by atoms with van der Waals surface area (Å²) < 4.78 is 38.2. The highest BCUT2D eigenvalue weighted by molar-refractivity contribution is 5.80. The summed E-state index contributed by atoms with van der Waals surface area (Å²) in [7, 11) is 0. The number of anilines is 1. The van der Waals surface area contributed by atoms with Gasteiger partial charge in [-0.25, -0.2) is 8.78 Å². The summed E-state index contributed by atoms with van der Waals surface area (Å²) in [6.45, 7) is 3.83. The Balaban J connectivity index is 1.91. The van der Waals surface area contributed by atoms with E-state index in [1.807, 2.05) is 0 Å². The quantitative estimate of drug-likeness (QED) is 0.373.